The van der Waals surface area contributed by atoms with E-state index in [0.29, 0.717) is 19.1 Å². The molecular formula is C13H19N3O2. The first-order valence-corrected chi connectivity index (χ1v) is 6.41. The van der Waals surface area contributed by atoms with Gasteiger partial charge in [-0.15, -0.1) is 0 Å². The summed E-state index contributed by atoms with van der Waals surface area (Å²) >= 11 is 0. The van der Waals surface area contributed by atoms with Crippen LogP contribution in [0.4, 0.5) is 5.95 Å². The van der Waals surface area contributed by atoms with Crippen molar-refractivity contribution in [1.29, 1.82) is 0 Å². The highest BCUT2D eigenvalue weighted by Gasteiger charge is 2.27. The Morgan fingerprint density at radius 2 is 2.22 bits per heavy atom. The van der Waals surface area contributed by atoms with Crippen molar-refractivity contribution in [2.75, 3.05) is 24.6 Å². The zero-order chi connectivity index (χ0) is 13.0. The molecule has 1 atom stereocenters. The third kappa shape index (κ3) is 2.97. The molecule has 0 radical (unpaired) electrons. The van der Waals surface area contributed by atoms with Crippen molar-refractivity contribution < 1.29 is 9.53 Å². The molecule has 0 N–H and O–H groups in total. The molecule has 0 spiro atoms. The molecular weight excluding hydrogens is 230 g/mol. The van der Waals surface area contributed by atoms with Gasteiger partial charge in [-0.2, -0.15) is 0 Å². The maximum atomic E-state index is 11.7. The molecule has 0 aromatic carbocycles. The van der Waals surface area contributed by atoms with Gasteiger partial charge >= 0.3 is 5.97 Å². The Balaban J connectivity index is 2.02. The minimum absolute atomic E-state index is 0.0522. The molecule has 1 fully saturated rings. The Morgan fingerprint density at radius 3 is 2.89 bits per heavy atom. The van der Waals surface area contributed by atoms with Crippen LogP contribution in [-0.2, 0) is 9.53 Å². The Hall–Kier alpha value is -1.65. The Kier molecular flexibility index (Phi) is 4.12. The van der Waals surface area contributed by atoms with Crippen LogP contribution in [0.2, 0.25) is 0 Å². The number of aromatic nitrogens is 2. The molecule has 0 bridgehead atoms. The van der Waals surface area contributed by atoms with Crippen LogP contribution in [0.5, 0.6) is 0 Å². The predicted molar refractivity (Wildman–Crippen MR) is 68.3 cm³/mol. The SMILES string of the molecule is CCOC(=O)C1CCCN(c2ncc(C)cn2)C1. The van der Waals surface area contributed by atoms with Gasteiger partial charge < -0.3 is 9.64 Å². The lowest BCUT2D eigenvalue weighted by Crippen LogP contribution is -2.40. The maximum Gasteiger partial charge on any atom is 0.310 e. The number of aryl methyl sites for hydroxylation is 1. The van der Waals surface area contributed by atoms with Crippen LogP contribution in [0.1, 0.15) is 25.3 Å². The van der Waals surface area contributed by atoms with E-state index in [-0.39, 0.29) is 11.9 Å². The summed E-state index contributed by atoms with van der Waals surface area (Å²) in [6.45, 7) is 5.79. The average Bonchev–Trinajstić information content (AvgIpc) is 2.40. The van der Waals surface area contributed by atoms with Gasteiger partial charge in [0.05, 0.1) is 12.5 Å². The number of esters is 1. The fourth-order valence-electron chi connectivity index (χ4n) is 2.16. The molecule has 1 aromatic rings. The van der Waals surface area contributed by atoms with Crippen molar-refractivity contribution in [3.8, 4) is 0 Å². The topological polar surface area (TPSA) is 55.3 Å². The number of anilines is 1. The van der Waals surface area contributed by atoms with Crippen molar-refractivity contribution in [3.05, 3.63) is 18.0 Å². The van der Waals surface area contributed by atoms with Crippen molar-refractivity contribution in [2.45, 2.75) is 26.7 Å². The zero-order valence-corrected chi connectivity index (χ0v) is 10.9. The lowest BCUT2D eigenvalue weighted by molar-refractivity contribution is -0.148. The lowest BCUT2D eigenvalue weighted by Gasteiger charge is -2.31. The molecule has 1 aliphatic heterocycles. The van der Waals surface area contributed by atoms with E-state index in [1.54, 1.807) is 12.4 Å². The van der Waals surface area contributed by atoms with E-state index in [4.69, 9.17) is 4.74 Å². The quantitative estimate of drug-likeness (QED) is 0.761. The molecule has 2 rings (SSSR count). The molecule has 1 aliphatic rings. The van der Waals surface area contributed by atoms with Gasteiger partial charge in [0, 0.05) is 25.5 Å². The minimum Gasteiger partial charge on any atom is -0.466 e. The van der Waals surface area contributed by atoms with Crippen molar-refractivity contribution in [2.24, 2.45) is 5.92 Å². The first kappa shape index (κ1) is 12.8. The van der Waals surface area contributed by atoms with Gasteiger partial charge in [0.25, 0.3) is 0 Å². The van der Waals surface area contributed by atoms with Gasteiger partial charge in [-0.25, -0.2) is 9.97 Å². The highest BCUT2D eigenvalue weighted by molar-refractivity contribution is 5.73. The fraction of sp³-hybridized carbons (Fsp3) is 0.615. The fourth-order valence-corrected chi connectivity index (χ4v) is 2.16. The first-order chi connectivity index (χ1) is 8.70. The molecule has 1 aromatic heterocycles. The van der Waals surface area contributed by atoms with Crippen LogP contribution in [-0.4, -0.2) is 35.6 Å². The summed E-state index contributed by atoms with van der Waals surface area (Å²) in [4.78, 5) is 22.4. The molecule has 5 heteroatoms. The maximum absolute atomic E-state index is 11.7. The van der Waals surface area contributed by atoms with E-state index in [0.717, 1.165) is 24.9 Å². The zero-order valence-electron chi connectivity index (χ0n) is 10.9. The number of rotatable bonds is 3. The molecule has 98 valence electrons. The van der Waals surface area contributed by atoms with E-state index in [9.17, 15) is 4.79 Å². The normalized spacial score (nSPS) is 19.7. The highest BCUT2D eigenvalue weighted by atomic mass is 16.5. The number of carbonyl (C=O) groups excluding carboxylic acids is 1. The van der Waals surface area contributed by atoms with Gasteiger partial charge in [-0.1, -0.05) is 0 Å². The Bertz CT molecular complexity index is 405. The molecule has 2 heterocycles. The van der Waals surface area contributed by atoms with Gasteiger partial charge in [-0.3, -0.25) is 4.79 Å². The van der Waals surface area contributed by atoms with Gasteiger partial charge in [-0.05, 0) is 32.3 Å². The number of hydrogen-bond acceptors (Lipinski definition) is 5. The predicted octanol–water partition coefficient (Wildman–Crippen LogP) is 1.56. The van der Waals surface area contributed by atoms with Gasteiger partial charge in [0.2, 0.25) is 5.95 Å². The number of carbonyl (C=O) groups is 1. The van der Waals surface area contributed by atoms with E-state index < -0.39 is 0 Å². The number of nitrogens with zero attached hydrogens (tertiary/aromatic N) is 3. The summed E-state index contributed by atoms with van der Waals surface area (Å²) in [6.07, 6.45) is 5.47. The van der Waals surface area contributed by atoms with Crippen molar-refractivity contribution in [3.63, 3.8) is 0 Å². The standard InChI is InChI=1S/C13H19N3O2/c1-3-18-12(17)11-5-4-6-16(9-11)13-14-7-10(2)8-15-13/h7-8,11H,3-6,9H2,1-2H3. The number of hydrogen-bond donors (Lipinski definition) is 0. The highest BCUT2D eigenvalue weighted by Crippen LogP contribution is 2.21. The van der Waals surface area contributed by atoms with Crippen LogP contribution >= 0.6 is 0 Å². The van der Waals surface area contributed by atoms with Crippen LogP contribution in [0.15, 0.2) is 12.4 Å². The van der Waals surface area contributed by atoms with E-state index in [1.807, 2.05) is 13.8 Å². The number of ether oxygens (including phenoxy) is 1. The average molecular weight is 249 g/mol. The molecule has 0 aliphatic carbocycles. The number of piperidine rings is 1. The summed E-state index contributed by atoms with van der Waals surface area (Å²) in [5.41, 5.74) is 1.04. The first-order valence-electron chi connectivity index (χ1n) is 6.41. The molecule has 0 amide bonds. The van der Waals surface area contributed by atoms with E-state index >= 15 is 0 Å². The smallest absolute Gasteiger partial charge is 0.310 e. The van der Waals surface area contributed by atoms with Gasteiger partial charge in [0.1, 0.15) is 0 Å². The summed E-state index contributed by atoms with van der Waals surface area (Å²) in [6, 6.07) is 0. The second kappa shape index (κ2) is 5.80. The molecule has 1 unspecified atom stereocenters. The van der Waals surface area contributed by atoms with E-state index in [1.165, 1.54) is 0 Å². The lowest BCUT2D eigenvalue weighted by atomic mass is 9.98. The largest absolute Gasteiger partial charge is 0.466 e. The van der Waals surface area contributed by atoms with E-state index in [2.05, 4.69) is 14.9 Å². The monoisotopic (exact) mass is 249 g/mol. The third-order valence-corrected chi connectivity index (χ3v) is 3.09. The minimum atomic E-state index is -0.102. The molecule has 18 heavy (non-hydrogen) atoms. The molecule has 1 saturated heterocycles. The third-order valence-electron chi connectivity index (χ3n) is 3.09. The molecule has 5 nitrogen and oxygen atoms in total. The second-order valence-corrected chi connectivity index (χ2v) is 4.60. The van der Waals surface area contributed by atoms with Crippen LogP contribution in [0, 0.1) is 12.8 Å². The summed E-state index contributed by atoms with van der Waals surface area (Å²) in [5, 5.41) is 0. The van der Waals surface area contributed by atoms with Crippen molar-refractivity contribution in [1.82, 2.24) is 9.97 Å². The summed E-state index contributed by atoms with van der Waals surface area (Å²) in [7, 11) is 0. The van der Waals surface area contributed by atoms with Crippen LogP contribution in [0.25, 0.3) is 0 Å². The Labute approximate surface area is 107 Å². The van der Waals surface area contributed by atoms with Gasteiger partial charge in [0.15, 0.2) is 0 Å². The van der Waals surface area contributed by atoms with Crippen LogP contribution in [0.3, 0.4) is 0 Å². The summed E-state index contributed by atoms with van der Waals surface area (Å²) < 4.78 is 5.08. The van der Waals surface area contributed by atoms with Crippen LogP contribution < -0.4 is 4.90 Å². The summed E-state index contributed by atoms with van der Waals surface area (Å²) in [5.74, 6) is 0.549. The van der Waals surface area contributed by atoms with Crippen molar-refractivity contribution >= 4 is 11.9 Å². The second-order valence-electron chi connectivity index (χ2n) is 4.60. The molecule has 0 saturated carbocycles. The Morgan fingerprint density at radius 1 is 1.50 bits per heavy atom.